The molecular weight excluding hydrogens is 394 g/mol. The Bertz CT molecular complexity index is 836. The van der Waals surface area contributed by atoms with Gasteiger partial charge in [0.05, 0.1) is 19.1 Å². The molecule has 2 rings (SSSR count). The first-order valence-corrected chi connectivity index (χ1v) is 9.46. The number of ether oxygens (including phenoxy) is 2. The van der Waals surface area contributed by atoms with Crippen molar-refractivity contribution in [3.8, 4) is 11.5 Å². The summed E-state index contributed by atoms with van der Waals surface area (Å²) in [5, 5.41) is 0. The van der Waals surface area contributed by atoms with Gasteiger partial charge in [-0.2, -0.15) is 4.31 Å². The number of nitrogens with zero attached hydrogens (tertiary/aromatic N) is 1. The van der Waals surface area contributed by atoms with Gasteiger partial charge in [-0.15, -0.1) is 0 Å². The standard InChI is InChI=1S/C17H20BrNO4S/c1-12-5-8-17(14(18)9-12)24(20,21)19(2)11-13-6-7-15(22-3)16(10-13)23-4/h5-10H,11H2,1-4H3. The van der Waals surface area contributed by atoms with E-state index in [1.165, 1.54) is 4.31 Å². The van der Waals surface area contributed by atoms with E-state index in [1.54, 1.807) is 51.6 Å². The van der Waals surface area contributed by atoms with Crippen LogP contribution in [0, 0.1) is 6.92 Å². The fourth-order valence-corrected chi connectivity index (χ4v) is 4.61. The molecule has 24 heavy (non-hydrogen) atoms. The Hall–Kier alpha value is -1.57. The topological polar surface area (TPSA) is 55.8 Å². The van der Waals surface area contributed by atoms with Crippen molar-refractivity contribution in [1.29, 1.82) is 0 Å². The third-order valence-electron chi connectivity index (χ3n) is 3.63. The molecular formula is C17H20BrNO4S. The zero-order chi connectivity index (χ0) is 17.9. The van der Waals surface area contributed by atoms with E-state index in [4.69, 9.17) is 9.47 Å². The molecule has 0 saturated heterocycles. The first kappa shape index (κ1) is 18.8. The number of sulfonamides is 1. The molecule has 2 aromatic rings. The molecule has 0 saturated carbocycles. The number of rotatable bonds is 6. The Kier molecular flexibility index (Phi) is 5.90. The van der Waals surface area contributed by atoms with Crippen LogP contribution in [0.3, 0.4) is 0 Å². The molecule has 7 heteroatoms. The second-order valence-electron chi connectivity index (χ2n) is 5.38. The van der Waals surface area contributed by atoms with E-state index >= 15 is 0 Å². The van der Waals surface area contributed by atoms with E-state index in [1.807, 2.05) is 13.0 Å². The van der Waals surface area contributed by atoms with Gasteiger partial charge in [0.2, 0.25) is 10.0 Å². The Balaban J connectivity index is 2.29. The third-order valence-corrected chi connectivity index (χ3v) is 6.41. The molecule has 5 nitrogen and oxygen atoms in total. The number of methoxy groups -OCH3 is 2. The normalized spacial score (nSPS) is 11.6. The highest BCUT2D eigenvalue weighted by Gasteiger charge is 2.23. The molecule has 0 unspecified atom stereocenters. The highest BCUT2D eigenvalue weighted by molar-refractivity contribution is 9.10. The molecule has 0 bridgehead atoms. The van der Waals surface area contributed by atoms with Crippen molar-refractivity contribution < 1.29 is 17.9 Å². The van der Waals surface area contributed by atoms with E-state index in [2.05, 4.69) is 15.9 Å². The average molecular weight is 414 g/mol. The molecule has 0 aliphatic carbocycles. The Morgan fingerprint density at radius 3 is 2.29 bits per heavy atom. The summed E-state index contributed by atoms with van der Waals surface area (Å²) in [6.45, 7) is 2.14. The summed E-state index contributed by atoms with van der Waals surface area (Å²) in [5.74, 6) is 1.17. The second-order valence-corrected chi connectivity index (χ2v) is 8.25. The first-order valence-electron chi connectivity index (χ1n) is 7.23. The Labute approximate surface area is 151 Å². The lowest BCUT2D eigenvalue weighted by Crippen LogP contribution is -2.26. The lowest BCUT2D eigenvalue weighted by molar-refractivity contribution is 0.354. The smallest absolute Gasteiger partial charge is 0.244 e. The largest absolute Gasteiger partial charge is 0.493 e. The number of halogens is 1. The molecule has 0 aliphatic rings. The molecule has 0 spiro atoms. The van der Waals surface area contributed by atoms with E-state index < -0.39 is 10.0 Å². The minimum absolute atomic E-state index is 0.225. The van der Waals surface area contributed by atoms with Crippen molar-refractivity contribution in [2.24, 2.45) is 0 Å². The van der Waals surface area contributed by atoms with Crippen molar-refractivity contribution in [1.82, 2.24) is 4.31 Å². The van der Waals surface area contributed by atoms with Gasteiger partial charge in [0, 0.05) is 18.1 Å². The van der Waals surface area contributed by atoms with Crippen molar-refractivity contribution in [2.45, 2.75) is 18.4 Å². The van der Waals surface area contributed by atoms with Crippen LogP contribution < -0.4 is 9.47 Å². The van der Waals surface area contributed by atoms with Crippen molar-refractivity contribution in [3.05, 3.63) is 52.0 Å². The maximum atomic E-state index is 12.8. The van der Waals surface area contributed by atoms with E-state index in [9.17, 15) is 8.42 Å². The van der Waals surface area contributed by atoms with Gasteiger partial charge in [-0.05, 0) is 58.2 Å². The zero-order valence-electron chi connectivity index (χ0n) is 14.0. The molecule has 0 amide bonds. The highest BCUT2D eigenvalue weighted by atomic mass is 79.9. The van der Waals surface area contributed by atoms with Crippen LogP contribution in [-0.2, 0) is 16.6 Å². The first-order chi connectivity index (χ1) is 11.3. The summed E-state index contributed by atoms with van der Waals surface area (Å²) in [6, 6.07) is 10.5. The summed E-state index contributed by atoms with van der Waals surface area (Å²) >= 11 is 3.34. The van der Waals surface area contributed by atoms with E-state index in [0.717, 1.165) is 11.1 Å². The van der Waals surface area contributed by atoms with Gasteiger partial charge >= 0.3 is 0 Å². The molecule has 0 atom stereocenters. The van der Waals surface area contributed by atoms with Crippen LogP contribution >= 0.6 is 15.9 Å². The third kappa shape index (κ3) is 3.91. The Morgan fingerprint density at radius 1 is 1.04 bits per heavy atom. The SMILES string of the molecule is COc1ccc(CN(C)S(=O)(=O)c2ccc(C)cc2Br)cc1OC. The molecule has 0 N–H and O–H groups in total. The minimum Gasteiger partial charge on any atom is -0.493 e. The van der Waals surface area contributed by atoms with Crippen molar-refractivity contribution in [3.63, 3.8) is 0 Å². The maximum absolute atomic E-state index is 12.8. The van der Waals surface area contributed by atoms with E-state index in [0.29, 0.717) is 16.0 Å². The van der Waals surface area contributed by atoms with Gasteiger partial charge in [0.25, 0.3) is 0 Å². The predicted octanol–water partition coefficient (Wildman–Crippen LogP) is 3.60. The molecule has 0 radical (unpaired) electrons. The van der Waals surface area contributed by atoms with Crippen LogP contribution in [0.5, 0.6) is 11.5 Å². The fraction of sp³-hybridized carbons (Fsp3) is 0.294. The quantitative estimate of drug-likeness (QED) is 0.725. The molecule has 130 valence electrons. The predicted molar refractivity (Wildman–Crippen MR) is 97.1 cm³/mol. The number of benzene rings is 2. The van der Waals surface area contributed by atoms with Crippen molar-refractivity contribution in [2.75, 3.05) is 21.3 Å². The van der Waals surface area contributed by atoms with Gasteiger partial charge in [0.1, 0.15) is 0 Å². The second kappa shape index (κ2) is 7.55. The van der Waals surface area contributed by atoms with E-state index in [-0.39, 0.29) is 11.4 Å². The summed E-state index contributed by atoms with van der Waals surface area (Å²) < 4.78 is 37.9. The average Bonchev–Trinajstić information content (AvgIpc) is 2.54. The molecule has 0 fully saturated rings. The van der Waals surface area contributed by atoms with Crippen LogP contribution in [0.1, 0.15) is 11.1 Å². The molecule has 0 heterocycles. The lowest BCUT2D eigenvalue weighted by Gasteiger charge is -2.19. The summed E-state index contributed by atoms with van der Waals surface area (Å²) in [7, 11) is 1.05. The maximum Gasteiger partial charge on any atom is 0.244 e. The van der Waals surface area contributed by atoms with Gasteiger partial charge in [-0.3, -0.25) is 0 Å². The lowest BCUT2D eigenvalue weighted by atomic mass is 10.2. The minimum atomic E-state index is -3.61. The number of hydrogen-bond donors (Lipinski definition) is 0. The van der Waals surface area contributed by atoms with Gasteiger partial charge in [-0.1, -0.05) is 12.1 Å². The fourth-order valence-electron chi connectivity index (χ4n) is 2.30. The van der Waals surface area contributed by atoms with Crippen LogP contribution in [-0.4, -0.2) is 34.0 Å². The number of aryl methyl sites for hydroxylation is 1. The Morgan fingerprint density at radius 2 is 1.71 bits per heavy atom. The monoisotopic (exact) mass is 413 g/mol. The van der Waals surface area contributed by atoms with Crippen LogP contribution in [0.15, 0.2) is 45.8 Å². The van der Waals surface area contributed by atoms with Crippen LogP contribution in [0.25, 0.3) is 0 Å². The summed E-state index contributed by atoms with van der Waals surface area (Å²) in [6.07, 6.45) is 0. The summed E-state index contributed by atoms with van der Waals surface area (Å²) in [4.78, 5) is 0.246. The van der Waals surface area contributed by atoms with Gasteiger partial charge < -0.3 is 9.47 Å². The van der Waals surface area contributed by atoms with Crippen LogP contribution in [0.2, 0.25) is 0 Å². The molecule has 0 aromatic heterocycles. The molecule has 0 aliphatic heterocycles. The molecule has 2 aromatic carbocycles. The van der Waals surface area contributed by atoms with Gasteiger partial charge in [0.15, 0.2) is 11.5 Å². The number of hydrogen-bond acceptors (Lipinski definition) is 4. The van der Waals surface area contributed by atoms with Gasteiger partial charge in [-0.25, -0.2) is 8.42 Å². The zero-order valence-corrected chi connectivity index (χ0v) is 16.4. The van der Waals surface area contributed by atoms with Crippen molar-refractivity contribution >= 4 is 26.0 Å². The highest BCUT2D eigenvalue weighted by Crippen LogP contribution is 2.30. The van der Waals surface area contributed by atoms with Crippen LogP contribution in [0.4, 0.5) is 0 Å². The summed E-state index contributed by atoms with van der Waals surface area (Å²) in [5.41, 5.74) is 1.80.